The molecule has 67 heavy (non-hydrogen) atoms. The zero-order chi connectivity index (χ0) is 49.1. The highest BCUT2D eigenvalue weighted by atomic mass is 31.2. The van der Waals surface area contributed by atoms with E-state index in [0.29, 0.717) is 6.61 Å². The van der Waals surface area contributed by atoms with Crippen molar-refractivity contribution in [1.29, 1.82) is 0 Å². The molecule has 0 radical (unpaired) electrons. The van der Waals surface area contributed by atoms with Crippen LogP contribution >= 0.6 is 22.6 Å². The zero-order valence-corrected chi connectivity index (χ0v) is 40.0. The summed E-state index contributed by atoms with van der Waals surface area (Å²) >= 11 is 0. The Bertz CT molecular complexity index is 1630. The maximum Gasteiger partial charge on any atom is 0.469 e. The summed E-state index contributed by atoms with van der Waals surface area (Å²) in [6, 6.07) is 9.72. The van der Waals surface area contributed by atoms with Gasteiger partial charge >= 0.3 is 25.7 Å². The number of rotatable bonds is 14. The summed E-state index contributed by atoms with van der Waals surface area (Å²) in [5, 5.41) is 55.5. The minimum absolute atomic E-state index is 0. The highest BCUT2D eigenvalue weighted by Crippen LogP contribution is 2.40. The minimum Gasteiger partial charge on any atom is -0.458 e. The smallest absolute Gasteiger partial charge is 0.458 e. The van der Waals surface area contributed by atoms with E-state index in [1.807, 2.05) is 44.2 Å². The third kappa shape index (κ3) is 24.9. The molecule has 12 atom stereocenters. The highest BCUT2D eigenvalue weighted by Gasteiger charge is 2.48. The second-order valence-electron chi connectivity index (χ2n) is 16.2. The van der Waals surface area contributed by atoms with Gasteiger partial charge in [0, 0.05) is 59.0 Å². The summed E-state index contributed by atoms with van der Waals surface area (Å²) in [6.45, 7) is 13.2. The Balaban J connectivity index is 0.000000881. The van der Waals surface area contributed by atoms with Crippen molar-refractivity contribution < 1.29 is 110 Å². The topological polar surface area (TPSA) is 347 Å². The van der Waals surface area contributed by atoms with E-state index in [0.717, 1.165) is 32.0 Å². The summed E-state index contributed by atoms with van der Waals surface area (Å²) < 4.78 is 77.4. The first-order valence-corrected chi connectivity index (χ1v) is 27.4. The number of esters is 3. The second-order valence-corrected chi connectivity index (χ2v) is 23.0. The number of phosphoric acid groups is 1. The zero-order valence-electron chi connectivity index (χ0n) is 37.3. The number of hydrogen-bond acceptors (Lipinski definition) is 21. The second kappa shape index (κ2) is 31.2. The number of carbonyl (C=O) groups excluding carboxylic acids is 3. The lowest BCUT2D eigenvalue weighted by atomic mass is 9.84. The molecule has 1 aromatic carbocycles. The van der Waals surface area contributed by atoms with Crippen LogP contribution in [0.3, 0.4) is 0 Å². The Hall–Kier alpha value is -2.24. The molecule has 26 heteroatoms. The molecule has 5 aliphatic heterocycles. The summed E-state index contributed by atoms with van der Waals surface area (Å²) in [7, 11) is -10.1. The van der Waals surface area contributed by atoms with Crippen LogP contribution in [0.15, 0.2) is 30.3 Å². The number of aliphatic hydroxyl groups excluding tert-OH is 6. The van der Waals surface area contributed by atoms with Gasteiger partial charge in [-0.1, -0.05) is 59.0 Å². The molecule has 0 aliphatic carbocycles. The van der Waals surface area contributed by atoms with E-state index in [9.17, 15) is 48.5 Å². The van der Waals surface area contributed by atoms with E-state index in [4.69, 9.17) is 48.0 Å². The molecule has 392 valence electrons. The normalized spacial score (nSPS) is 28.9. The molecule has 5 heterocycles. The number of hydrogen-bond donors (Lipinski definition) is 8. The molecule has 23 nitrogen and oxygen atoms in total. The van der Waals surface area contributed by atoms with Gasteiger partial charge < -0.3 is 77.9 Å². The van der Waals surface area contributed by atoms with Crippen LogP contribution in [0.1, 0.15) is 59.9 Å². The summed E-state index contributed by atoms with van der Waals surface area (Å²) in [6.07, 6.45) is -8.18. The van der Waals surface area contributed by atoms with E-state index in [1.54, 1.807) is 13.3 Å². The van der Waals surface area contributed by atoms with Crippen LogP contribution in [0.5, 0.6) is 0 Å². The number of ether oxygens (including phenoxy) is 6. The molecule has 6 rings (SSSR count). The molecule has 4 unspecified atom stereocenters. The molecule has 5 aliphatic rings. The van der Waals surface area contributed by atoms with Gasteiger partial charge in [-0.3, -0.25) is 13.7 Å². The molecular formula is C41H75O23P3. The van der Waals surface area contributed by atoms with Crippen molar-refractivity contribution in [2.24, 2.45) is 11.8 Å². The Morgan fingerprint density at radius 1 is 0.627 bits per heavy atom. The molecule has 0 spiro atoms. The molecule has 0 saturated carbocycles. The van der Waals surface area contributed by atoms with Gasteiger partial charge in [0.15, 0.2) is 45.3 Å². The average molecular weight is 1030 g/mol. The molecule has 0 aromatic heterocycles. The molecule has 0 bridgehead atoms. The molecule has 1 aromatic rings. The largest absolute Gasteiger partial charge is 0.469 e. The molecule has 5 saturated heterocycles. The maximum atomic E-state index is 12.2. The molecule has 5 fully saturated rings. The Morgan fingerprint density at radius 2 is 1.04 bits per heavy atom. The molecule has 0 amide bonds. The monoisotopic (exact) mass is 1030 g/mol. The average Bonchev–Trinajstić information content (AvgIpc) is 4.09. The van der Waals surface area contributed by atoms with Crippen molar-refractivity contribution in [3.63, 3.8) is 0 Å². The van der Waals surface area contributed by atoms with Crippen molar-refractivity contribution in [3.8, 4) is 0 Å². The van der Waals surface area contributed by atoms with E-state index in [-0.39, 0.29) is 52.0 Å². The van der Waals surface area contributed by atoms with Crippen molar-refractivity contribution in [1.82, 2.24) is 0 Å². The van der Waals surface area contributed by atoms with E-state index >= 15 is 0 Å². The highest BCUT2D eigenvalue weighted by molar-refractivity contribution is 7.57. The maximum absolute atomic E-state index is 12.2. The SMILES string of the molecule is C.C.C1CCOC1.C1CCOC1.CP(C)(=O)OC[C@@H](O)[C@H]1OC(=O)C(O)[C@H]1O.C[C@@H]1C(COP(C)(C)=O)OC(=O)C(OCc2ccccc2)[C@H]1C.O=C1O[C@H]([C@H](O)COP(=O)(O)O)[C@H](O)C1O. The van der Waals surface area contributed by atoms with Gasteiger partial charge in [0.25, 0.3) is 0 Å². The van der Waals surface area contributed by atoms with Crippen LogP contribution in [0.4, 0.5) is 0 Å². The Labute approximate surface area is 392 Å². The first-order valence-electron chi connectivity index (χ1n) is 20.8. The predicted octanol–water partition coefficient (Wildman–Crippen LogP) is 1.84. The van der Waals surface area contributed by atoms with E-state index < -0.39 is 96.0 Å². The van der Waals surface area contributed by atoms with Crippen LogP contribution in [0.2, 0.25) is 0 Å². The first-order chi connectivity index (χ1) is 30.2. The van der Waals surface area contributed by atoms with Gasteiger partial charge in [-0.2, -0.15) is 0 Å². The van der Waals surface area contributed by atoms with Crippen molar-refractivity contribution >= 4 is 40.5 Å². The lowest BCUT2D eigenvalue weighted by Crippen LogP contribution is -2.49. The molecular weight excluding hydrogens is 953 g/mol. The fourth-order valence-electron chi connectivity index (χ4n) is 6.01. The van der Waals surface area contributed by atoms with Crippen molar-refractivity contribution in [2.45, 2.75) is 122 Å². The Kier molecular flexibility index (Phi) is 30.1. The molecule has 8 N–H and O–H groups in total. The van der Waals surface area contributed by atoms with Crippen LogP contribution in [-0.2, 0) is 76.7 Å². The third-order valence-electron chi connectivity index (χ3n) is 9.91. The van der Waals surface area contributed by atoms with Gasteiger partial charge in [-0.15, -0.1) is 0 Å². The van der Waals surface area contributed by atoms with Gasteiger partial charge in [0.05, 0.1) is 26.4 Å². The number of cyclic esters (lactones) is 3. The quantitative estimate of drug-likeness (QED) is 0.0749. The lowest BCUT2D eigenvalue weighted by molar-refractivity contribution is -0.189. The number of phosphoric ester groups is 1. The summed E-state index contributed by atoms with van der Waals surface area (Å²) in [5.74, 6) is -2.41. The fraction of sp³-hybridized carbons (Fsp3) is 0.780. The van der Waals surface area contributed by atoms with E-state index in [1.165, 1.54) is 39.0 Å². The van der Waals surface area contributed by atoms with Crippen LogP contribution in [0, 0.1) is 11.8 Å². The van der Waals surface area contributed by atoms with Crippen LogP contribution in [-0.4, -0.2) is 192 Å². The standard InChI is InChI=1S/C17H25O5P.C8H15O7P.C6H11O9P.2C4H8O.2CH4/c1-12-13(2)16(20-10-14-8-6-5-7-9-14)17(18)22-15(12)11-21-23(3,4)19;1-16(2,13)14-3-4(9)7-5(10)6(11)8(12)15-7;7-2(1-14-16(11,12)13)5-3(8)4(9)6(10)15-5;2*1-2-4-5-3-1;;/h5-9,12-13,15-16H,10-11H2,1-4H3;4-7,9-11H,3H2,1-2H3;2-5,7-9H,1H2,(H2,11,12,13);2*1-4H2;2*1H4/t12-,13-,15?,16?;4-,5-,6?,7-;2-,3-,4?,5-;;;;/m011..../s1. The van der Waals surface area contributed by atoms with Gasteiger partial charge in [-0.25, -0.2) is 18.9 Å². The number of benzene rings is 1. The summed E-state index contributed by atoms with van der Waals surface area (Å²) in [4.78, 5) is 50.5. The van der Waals surface area contributed by atoms with Gasteiger partial charge in [-0.05, 0) is 37.2 Å². The first kappa shape index (κ1) is 64.8. The van der Waals surface area contributed by atoms with Crippen LogP contribution in [0.25, 0.3) is 0 Å². The Morgan fingerprint density at radius 3 is 1.39 bits per heavy atom. The van der Waals surface area contributed by atoms with E-state index in [2.05, 4.69) is 14.0 Å². The van der Waals surface area contributed by atoms with Crippen molar-refractivity contribution in [3.05, 3.63) is 35.9 Å². The fourth-order valence-corrected chi connectivity index (χ4v) is 7.37. The summed E-state index contributed by atoms with van der Waals surface area (Å²) in [5.41, 5.74) is 1.02. The third-order valence-corrected chi connectivity index (χ3v) is 11.9. The van der Waals surface area contributed by atoms with Gasteiger partial charge in [0.1, 0.15) is 30.5 Å². The number of aliphatic hydroxyl groups is 6. The van der Waals surface area contributed by atoms with Gasteiger partial charge in [0.2, 0.25) is 0 Å². The van der Waals surface area contributed by atoms with Crippen LogP contribution < -0.4 is 0 Å². The predicted molar refractivity (Wildman–Crippen MR) is 241 cm³/mol. The lowest BCUT2D eigenvalue weighted by Gasteiger charge is -2.38. The number of carbonyl (C=O) groups is 3. The van der Waals surface area contributed by atoms with Crippen molar-refractivity contribution in [2.75, 3.05) is 72.9 Å². The minimum atomic E-state index is -4.75.